The molecule has 4 nitrogen and oxygen atoms in total. The van der Waals surface area contributed by atoms with Crippen LogP contribution in [0, 0.1) is 0 Å². The molecule has 0 saturated heterocycles. The number of aryl methyl sites for hydroxylation is 1. The zero-order valence-electron chi connectivity index (χ0n) is 12.0. The van der Waals surface area contributed by atoms with Gasteiger partial charge in [0.1, 0.15) is 15.4 Å². The van der Waals surface area contributed by atoms with E-state index in [-0.39, 0.29) is 0 Å². The monoisotopic (exact) mass is 319 g/mol. The summed E-state index contributed by atoms with van der Waals surface area (Å²) in [5.74, 6) is 1.29. The van der Waals surface area contributed by atoms with E-state index < -0.39 is 0 Å². The fourth-order valence-corrected chi connectivity index (χ4v) is 3.87. The Hall–Kier alpha value is -1.53. The third kappa shape index (κ3) is 3.06. The lowest BCUT2D eigenvalue weighted by Gasteiger charge is -2.03. The van der Waals surface area contributed by atoms with E-state index in [4.69, 9.17) is 0 Å². The molecule has 0 aliphatic carbocycles. The Balaban J connectivity index is 1.84. The highest BCUT2D eigenvalue weighted by atomic mass is 32.2. The summed E-state index contributed by atoms with van der Waals surface area (Å²) in [5.41, 5.74) is 2.53. The molecule has 0 spiro atoms. The standard InChI is InChI=1S/C15H17N3OS2/c1-9(2)20-7-5-11-13(19)12-15(17-11)21-14(18-12)10-4-3-6-16-8-10/h3-4,6,8-9,17,19H,5,7H2,1-2H3. The molecule has 0 aliphatic heterocycles. The van der Waals surface area contributed by atoms with Crippen LogP contribution in [0.5, 0.6) is 5.75 Å². The Morgan fingerprint density at radius 1 is 1.43 bits per heavy atom. The van der Waals surface area contributed by atoms with Crippen LogP contribution in [0.4, 0.5) is 0 Å². The smallest absolute Gasteiger partial charge is 0.163 e. The number of pyridine rings is 1. The van der Waals surface area contributed by atoms with Gasteiger partial charge in [-0.3, -0.25) is 4.98 Å². The van der Waals surface area contributed by atoms with Gasteiger partial charge in [0.05, 0.1) is 5.69 Å². The van der Waals surface area contributed by atoms with E-state index in [9.17, 15) is 5.11 Å². The van der Waals surface area contributed by atoms with Crippen LogP contribution in [0.3, 0.4) is 0 Å². The van der Waals surface area contributed by atoms with E-state index in [1.54, 1.807) is 23.7 Å². The third-order valence-corrected chi connectivity index (χ3v) is 5.24. The largest absolute Gasteiger partial charge is 0.504 e. The number of rotatable bonds is 5. The van der Waals surface area contributed by atoms with Crippen LogP contribution in [0.2, 0.25) is 0 Å². The molecule has 0 aliphatic rings. The van der Waals surface area contributed by atoms with Crippen molar-refractivity contribution in [3.63, 3.8) is 0 Å². The van der Waals surface area contributed by atoms with Crippen molar-refractivity contribution in [3.05, 3.63) is 30.2 Å². The second kappa shape index (κ2) is 6.07. The van der Waals surface area contributed by atoms with Gasteiger partial charge in [0, 0.05) is 24.4 Å². The second-order valence-corrected chi connectivity index (χ2v) is 7.74. The number of aromatic amines is 1. The molecular weight excluding hydrogens is 302 g/mol. The van der Waals surface area contributed by atoms with Gasteiger partial charge in [0.25, 0.3) is 0 Å². The number of aromatic nitrogens is 3. The number of hydrogen-bond donors (Lipinski definition) is 2. The van der Waals surface area contributed by atoms with Gasteiger partial charge < -0.3 is 10.1 Å². The molecule has 3 rings (SSSR count). The first-order chi connectivity index (χ1) is 10.1. The van der Waals surface area contributed by atoms with Crippen LogP contribution in [0.15, 0.2) is 24.5 Å². The summed E-state index contributed by atoms with van der Waals surface area (Å²) in [4.78, 5) is 12.9. The number of H-pyrrole nitrogens is 1. The highest BCUT2D eigenvalue weighted by Crippen LogP contribution is 2.36. The van der Waals surface area contributed by atoms with Crippen LogP contribution >= 0.6 is 23.1 Å². The first-order valence-electron chi connectivity index (χ1n) is 6.87. The zero-order chi connectivity index (χ0) is 14.8. The van der Waals surface area contributed by atoms with Gasteiger partial charge in [-0.05, 0) is 23.1 Å². The van der Waals surface area contributed by atoms with E-state index in [0.29, 0.717) is 16.5 Å². The minimum absolute atomic E-state index is 0.292. The van der Waals surface area contributed by atoms with Gasteiger partial charge in [-0.25, -0.2) is 4.98 Å². The van der Waals surface area contributed by atoms with Crippen LogP contribution in [0.25, 0.3) is 20.9 Å². The fourth-order valence-electron chi connectivity index (χ4n) is 2.09. The highest BCUT2D eigenvalue weighted by Gasteiger charge is 2.16. The van der Waals surface area contributed by atoms with Gasteiger partial charge in [0.15, 0.2) is 5.75 Å². The minimum Gasteiger partial charge on any atom is -0.504 e. The van der Waals surface area contributed by atoms with Crippen molar-refractivity contribution in [3.8, 4) is 16.3 Å². The first kappa shape index (κ1) is 14.4. The predicted molar refractivity (Wildman–Crippen MR) is 90.2 cm³/mol. The van der Waals surface area contributed by atoms with Crippen molar-refractivity contribution >= 4 is 33.4 Å². The summed E-state index contributed by atoms with van der Waals surface area (Å²) >= 11 is 3.44. The van der Waals surface area contributed by atoms with Crippen molar-refractivity contribution in [1.82, 2.24) is 15.0 Å². The molecule has 2 N–H and O–H groups in total. The minimum atomic E-state index is 0.292. The predicted octanol–water partition coefficient (Wildman–Crippen LogP) is 4.08. The number of thiazole rings is 1. The molecule has 0 saturated carbocycles. The molecular formula is C15H17N3OS2. The van der Waals surface area contributed by atoms with Crippen LogP contribution in [0.1, 0.15) is 19.5 Å². The molecule has 0 aromatic carbocycles. The highest BCUT2D eigenvalue weighted by molar-refractivity contribution is 7.99. The van der Waals surface area contributed by atoms with Crippen molar-refractivity contribution in [1.29, 1.82) is 0 Å². The molecule has 3 heterocycles. The summed E-state index contributed by atoms with van der Waals surface area (Å²) < 4.78 is 0. The Morgan fingerprint density at radius 2 is 2.29 bits per heavy atom. The van der Waals surface area contributed by atoms with Crippen molar-refractivity contribution in [2.75, 3.05) is 5.75 Å². The molecule has 6 heteroatoms. The van der Waals surface area contributed by atoms with Crippen LogP contribution in [-0.2, 0) is 6.42 Å². The Morgan fingerprint density at radius 3 is 2.95 bits per heavy atom. The van der Waals surface area contributed by atoms with Gasteiger partial charge in [-0.1, -0.05) is 25.2 Å². The average Bonchev–Trinajstić information content (AvgIpc) is 3.00. The van der Waals surface area contributed by atoms with E-state index in [1.807, 2.05) is 23.9 Å². The molecule has 0 amide bonds. The van der Waals surface area contributed by atoms with E-state index >= 15 is 0 Å². The molecule has 0 radical (unpaired) electrons. The van der Waals surface area contributed by atoms with Crippen molar-refractivity contribution in [2.24, 2.45) is 0 Å². The van der Waals surface area contributed by atoms with Crippen molar-refractivity contribution in [2.45, 2.75) is 25.5 Å². The average molecular weight is 319 g/mol. The number of hydrogen-bond acceptors (Lipinski definition) is 5. The maximum atomic E-state index is 10.3. The molecule has 0 atom stereocenters. The van der Waals surface area contributed by atoms with Crippen LogP contribution in [-0.4, -0.2) is 31.1 Å². The topological polar surface area (TPSA) is 61.8 Å². The van der Waals surface area contributed by atoms with Crippen molar-refractivity contribution < 1.29 is 5.11 Å². The second-order valence-electron chi connectivity index (χ2n) is 5.06. The molecule has 0 fully saturated rings. The molecule has 3 aromatic rings. The number of fused-ring (bicyclic) bond motifs is 1. The van der Waals surface area contributed by atoms with Gasteiger partial charge in [-0.2, -0.15) is 11.8 Å². The maximum absolute atomic E-state index is 10.3. The Labute approximate surface area is 131 Å². The number of aromatic hydroxyl groups is 1. The summed E-state index contributed by atoms with van der Waals surface area (Å²) in [6, 6.07) is 3.86. The van der Waals surface area contributed by atoms with Gasteiger partial charge >= 0.3 is 0 Å². The fraction of sp³-hybridized carbons (Fsp3) is 0.333. The van der Waals surface area contributed by atoms with Crippen LogP contribution < -0.4 is 0 Å². The third-order valence-electron chi connectivity index (χ3n) is 3.11. The number of nitrogens with one attached hydrogen (secondary N) is 1. The Kier molecular flexibility index (Phi) is 4.17. The number of thioether (sulfide) groups is 1. The molecule has 0 unspecified atom stereocenters. The first-order valence-corrected chi connectivity index (χ1v) is 8.74. The van der Waals surface area contributed by atoms with E-state index in [1.165, 1.54) is 0 Å². The van der Waals surface area contributed by atoms with Gasteiger partial charge in [0.2, 0.25) is 0 Å². The summed E-state index contributed by atoms with van der Waals surface area (Å²) in [6.07, 6.45) is 4.36. The number of nitrogens with zero attached hydrogens (tertiary/aromatic N) is 2. The summed E-state index contributed by atoms with van der Waals surface area (Å²) in [5, 5.41) is 11.8. The van der Waals surface area contributed by atoms with Gasteiger partial charge in [-0.15, -0.1) is 0 Å². The molecule has 110 valence electrons. The summed E-state index contributed by atoms with van der Waals surface area (Å²) in [7, 11) is 0. The SMILES string of the molecule is CC(C)SCCc1[nH]c2sc(-c3cccnc3)nc2c1O. The molecule has 0 bridgehead atoms. The maximum Gasteiger partial charge on any atom is 0.163 e. The lowest BCUT2D eigenvalue weighted by atomic mass is 10.3. The normalized spacial score (nSPS) is 11.6. The quantitative estimate of drug-likeness (QED) is 0.744. The molecule has 21 heavy (non-hydrogen) atoms. The lowest BCUT2D eigenvalue weighted by molar-refractivity contribution is 0.473. The molecule has 3 aromatic heterocycles. The summed E-state index contributed by atoms with van der Waals surface area (Å²) in [6.45, 7) is 4.36. The van der Waals surface area contributed by atoms with E-state index in [0.717, 1.165) is 33.3 Å². The zero-order valence-corrected chi connectivity index (χ0v) is 13.6. The van der Waals surface area contributed by atoms with E-state index in [2.05, 4.69) is 28.8 Å². The Bertz CT molecular complexity index is 734. The lowest BCUT2D eigenvalue weighted by Crippen LogP contribution is -1.94.